The molecule has 29 heavy (non-hydrogen) atoms. The molecule has 1 unspecified atom stereocenters. The maximum Gasteiger partial charge on any atom is 0.331 e. The molecule has 0 bridgehead atoms. The molecular weight excluding hydrogens is 372 g/mol. The average molecular weight is 405 g/mol. The molecule has 3 N–H and O–H groups in total. The van der Waals surface area contributed by atoms with E-state index in [0.29, 0.717) is 38.7 Å². The highest BCUT2D eigenvalue weighted by atomic mass is 16.5. The zero-order chi connectivity index (χ0) is 20.7. The molecule has 4 fully saturated rings. The summed E-state index contributed by atoms with van der Waals surface area (Å²) < 4.78 is 5.15. The van der Waals surface area contributed by atoms with Crippen LogP contribution < -0.4 is 0 Å². The topological polar surface area (TPSA) is 104 Å². The average Bonchev–Trinajstić information content (AvgIpc) is 3.21. The van der Waals surface area contributed by atoms with Gasteiger partial charge in [0.1, 0.15) is 12.9 Å². The smallest absolute Gasteiger partial charge is 0.331 e. The first-order chi connectivity index (χ1) is 13.7. The summed E-state index contributed by atoms with van der Waals surface area (Å²) in [5.74, 6) is -0.304. The van der Waals surface area contributed by atoms with Crippen LogP contribution in [0.15, 0.2) is 11.6 Å². The highest BCUT2D eigenvalue weighted by Crippen LogP contribution is 2.70. The fraction of sp³-hybridized carbons (Fsp3) is 0.826. The van der Waals surface area contributed by atoms with Crippen LogP contribution in [0.1, 0.15) is 64.7 Å². The van der Waals surface area contributed by atoms with Gasteiger partial charge in [-0.1, -0.05) is 6.92 Å². The Labute approximate surface area is 171 Å². The van der Waals surface area contributed by atoms with Gasteiger partial charge >= 0.3 is 5.97 Å². The molecule has 0 spiro atoms. The molecule has 0 aromatic carbocycles. The highest BCUT2D eigenvalue weighted by molar-refractivity contribution is 5.85. The molecule has 8 atom stereocenters. The minimum Gasteiger partial charge on any atom is -0.458 e. The summed E-state index contributed by atoms with van der Waals surface area (Å²) in [5.41, 5.74) is -2.34. The Hall–Kier alpha value is -1.24. The van der Waals surface area contributed by atoms with E-state index in [-0.39, 0.29) is 35.6 Å². The molecule has 1 heterocycles. The van der Waals surface area contributed by atoms with Crippen molar-refractivity contribution in [3.63, 3.8) is 0 Å². The predicted molar refractivity (Wildman–Crippen MR) is 104 cm³/mol. The van der Waals surface area contributed by atoms with Gasteiger partial charge in [0, 0.05) is 17.9 Å². The number of aliphatic hydroxyl groups excluding tert-OH is 1. The van der Waals surface area contributed by atoms with Crippen molar-refractivity contribution in [2.24, 2.45) is 28.6 Å². The molecule has 5 rings (SSSR count). The van der Waals surface area contributed by atoms with Gasteiger partial charge in [-0.05, 0) is 74.7 Å². The van der Waals surface area contributed by atoms with E-state index in [1.165, 1.54) is 0 Å². The number of ether oxygens (including phenoxy) is 1. The number of cyclic esters (lactones) is 1. The Kier molecular flexibility index (Phi) is 4.18. The summed E-state index contributed by atoms with van der Waals surface area (Å²) in [6.45, 7) is 2.46. The molecule has 0 radical (unpaired) electrons. The molecule has 1 aliphatic heterocycles. The minimum atomic E-state index is -1.18. The third-order valence-electron chi connectivity index (χ3n) is 9.85. The number of aldehydes is 1. The van der Waals surface area contributed by atoms with Crippen LogP contribution in [0.3, 0.4) is 0 Å². The van der Waals surface area contributed by atoms with Gasteiger partial charge in [-0.3, -0.25) is 0 Å². The second kappa shape index (κ2) is 6.14. The van der Waals surface area contributed by atoms with Crippen LogP contribution in [0.25, 0.3) is 0 Å². The van der Waals surface area contributed by atoms with E-state index in [1.54, 1.807) is 6.08 Å². The van der Waals surface area contributed by atoms with Crippen molar-refractivity contribution in [2.45, 2.75) is 82.0 Å². The van der Waals surface area contributed by atoms with E-state index in [1.807, 2.05) is 0 Å². The first kappa shape index (κ1) is 19.7. The molecule has 6 nitrogen and oxygen atoms in total. The second-order valence-corrected chi connectivity index (χ2v) is 10.6. The largest absolute Gasteiger partial charge is 0.458 e. The summed E-state index contributed by atoms with van der Waals surface area (Å²) in [4.78, 5) is 24.1. The van der Waals surface area contributed by atoms with Gasteiger partial charge in [-0.15, -0.1) is 0 Å². The van der Waals surface area contributed by atoms with Gasteiger partial charge in [0.2, 0.25) is 0 Å². The van der Waals surface area contributed by atoms with Crippen LogP contribution in [0.2, 0.25) is 0 Å². The lowest BCUT2D eigenvalue weighted by molar-refractivity contribution is -0.248. The highest BCUT2D eigenvalue weighted by Gasteiger charge is 2.71. The summed E-state index contributed by atoms with van der Waals surface area (Å²) in [5, 5.41) is 33.7. The van der Waals surface area contributed by atoms with Crippen LogP contribution in [0.4, 0.5) is 0 Å². The number of carbonyl (C=O) groups is 2. The van der Waals surface area contributed by atoms with Gasteiger partial charge in [-0.25, -0.2) is 4.79 Å². The quantitative estimate of drug-likeness (QED) is 0.480. The summed E-state index contributed by atoms with van der Waals surface area (Å²) in [6.07, 6.45) is 7.36. The normalized spacial score (nSPS) is 54.1. The van der Waals surface area contributed by atoms with Crippen LogP contribution in [0, 0.1) is 28.6 Å². The number of hydrogen-bond acceptors (Lipinski definition) is 6. The molecular formula is C23H32O6. The SMILES string of the molecule is C[C@]12CCC3[C@@H](CC[C@]4(O)C[C@@H](O)CC[C@]34C=O)[C@@]1(O)CC[C@@H]2C1=CC(=O)OC1. The van der Waals surface area contributed by atoms with Gasteiger partial charge < -0.3 is 24.9 Å². The van der Waals surface area contributed by atoms with Crippen LogP contribution >= 0.6 is 0 Å². The van der Waals surface area contributed by atoms with Crippen molar-refractivity contribution in [3.8, 4) is 0 Å². The standard InChI is InChI=1S/C23H32O6/c1-20-6-3-17-18(4-8-22(27)11-15(25)2-7-21(17,22)13-24)23(20,28)9-5-16(20)14-10-19(26)29-12-14/h10,13,15-18,25,27-28H,2-9,11-12H2,1H3/t15-,16+,17?,18+,20+,21-,22-,23-/m0/s1. The monoisotopic (exact) mass is 404 g/mol. The van der Waals surface area contributed by atoms with Crippen LogP contribution in [-0.4, -0.2) is 51.5 Å². The maximum atomic E-state index is 12.5. The lowest BCUT2D eigenvalue weighted by Crippen LogP contribution is -2.68. The molecule has 0 saturated heterocycles. The van der Waals surface area contributed by atoms with E-state index in [0.717, 1.165) is 31.1 Å². The van der Waals surface area contributed by atoms with E-state index in [2.05, 4.69) is 6.92 Å². The van der Waals surface area contributed by atoms with E-state index < -0.39 is 22.7 Å². The Morgan fingerprint density at radius 3 is 2.52 bits per heavy atom. The predicted octanol–water partition coefficient (Wildman–Crippen LogP) is 1.90. The molecule has 0 aromatic rings. The van der Waals surface area contributed by atoms with Crippen molar-refractivity contribution < 1.29 is 29.6 Å². The van der Waals surface area contributed by atoms with Crippen molar-refractivity contribution >= 4 is 12.3 Å². The molecule has 160 valence electrons. The second-order valence-electron chi connectivity index (χ2n) is 10.6. The number of aliphatic hydroxyl groups is 3. The summed E-state index contributed by atoms with van der Waals surface area (Å²) in [7, 11) is 0. The Bertz CT molecular complexity index is 777. The molecule has 4 aliphatic carbocycles. The van der Waals surface area contributed by atoms with Crippen LogP contribution in [-0.2, 0) is 14.3 Å². The summed E-state index contributed by atoms with van der Waals surface area (Å²) >= 11 is 0. The lowest BCUT2D eigenvalue weighted by atomic mass is 9.41. The first-order valence-corrected chi connectivity index (χ1v) is 11.2. The zero-order valence-corrected chi connectivity index (χ0v) is 17.1. The Morgan fingerprint density at radius 1 is 1.07 bits per heavy atom. The fourth-order valence-electron chi connectivity index (χ4n) is 8.34. The Morgan fingerprint density at radius 2 is 1.83 bits per heavy atom. The van der Waals surface area contributed by atoms with Crippen molar-refractivity contribution in [3.05, 3.63) is 11.6 Å². The number of carbonyl (C=O) groups excluding carboxylic acids is 2. The van der Waals surface area contributed by atoms with Gasteiger partial charge in [0.05, 0.1) is 22.7 Å². The number of rotatable bonds is 2. The van der Waals surface area contributed by atoms with Gasteiger partial charge in [-0.2, -0.15) is 0 Å². The molecule has 0 amide bonds. The molecule has 0 aromatic heterocycles. The third-order valence-corrected chi connectivity index (χ3v) is 9.85. The van der Waals surface area contributed by atoms with E-state index >= 15 is 0 Å². The van der Waals surface area contributed by atoms with Crippen molar-refractivity contribution in [2.75, 3.05) is 6.61 Å². The Balaban J connectivity index is 1.52. The third kappa shape index (κ3) is 2.34. The van der Waals surface area contributed by atoms with Crippen LogP contribution in [0.5, 0.6) is 0 Å². The molecule has 6 heteroatoms. The van der Waals surface area contributed by atoms with E-state index in [9.17, 15) is 24.9 Å². The first-order valence-electron chi connectivity index (χ1n) is 11.2. The number of esters is 1. The van der Waals surface area contributed by atoms with E-state index in [4.69, 9.17) is 4.74 Å². The molecule has 4 saturated carbocycles. The maximum absolute atomic E-state index is 12.5. The number of fused-ring (bicyclic) bond motifs is 5. The fourth-order valence-corrected chi connectivity index (χ4v) is 8.34. The summed E-state index contributed by atoms with van der Waals surface area (Å²) in [6, 6.07) is 0. The minimum absolute atomic E-state index is 0.0504. The lowest BCUT2D eigenvalue weighted by Gasteiger charge is -2.65. The van der Waals surface area contributed by atoms with Crippen molar-refractivity contribution in [1.82, 2.24) is 0 Å². The van der Waals surface area contributed by atoms with Gasteiger partial charge in [0.15, 0.2) is 0 Å². The molecule has 5 aliphatic rings. The van der Waals surface area contributed by atoms with Crippen molar-refractivity contribution in [1.29, 1.82) is 0 Å². The zero-order valence-electron chi connectivity index (χ0n) is 17.1. The van der Waals surface area contributed by atoms with Gasteiger partial charge in [0.25, 0.3) is 0 Å². The number of hydrogen-bond donors (Lipinski definition) is 3.